The topological polar surface area (TPSA) is 69.6 Å². The third-order valence-corrected chi connectivity index (χ3v) is 5.13. The number of rotatable bonds is 6. The molecule has 0 radical (unpaired) electrons. The number of aryl methyl sites for hydroxylation is 1. The Balaban J connectivity index is 1.56. The molecule has 0 aliphatic carbocycles. The first kappa shape index (κ1) is 20.0. The second kappa shape index (κ2) is 9.46. The van der Waals surface area contributed by atoms with Crippen molar-refractivity contribution in [2.24, 2.45) is 5.92 Å². The van der Waals surface area contributed by atoms with Gasteiger partial charge in [-0.1, -0.05) is 24.3 Å². The summed E-state index contributed by atoms with van der Waals surface area (Å²) in [6, 6.07) is 13.3. The molecule has 0 saturated carbocycles. The van der Waals surface area contributed by atoms with Crippen LogP contribution in [0.5, 0.6) is 0 Å². The van der Waals surface area contributed by atoms with Gasteiger partial charge >= 0.3 is 0 Å². The van der Waals surface area contributed by atoms with Gasteiger partial charge in [-0.2, -0.15) is 0 Å². The Labute approximate surface area is 164 Å². The molecule has 0 spiro atoms. The smallest absolute Gasteiger partial charge is 0.253 e. The fourth-order valence-electron chi connectivity index (χ4n) is 3.40. The van der Waals surface area contributed by atoms with Gasteiger partial charge in [-0.05, 0) is 55.0 Å². The van der Waals surface area contributed by atoms with Crippen LogP contribution in [-0.4, -0.2) is 41.5 Å². The van der Waals surface area contributed by atoms with Gasteiger partial charge in [0.1, 0.15) is 5.82 Å². The molecule has 2 N–H and O–H groups in total. The van der Waals surface area contributed by atoms with Crippen LogP contribution in [0.15, 0.2) is 48.5 Å². The predicted molar refractivity (Wildman–Crippen MR) is 106 cm³/mol. The molecule has 2 aromatic rings. The van der Waals surface area contributed by atoms with Gasteiger partial charge < -0.3 is 15.3 Å². The second-order valence-corrected chi connectivity index (χ2v) is 7.14. The Morgan fingerprint density at radius 1 is 1.11 bits per heavy atom. The highest BCUT2D eigenvalue weighted by molar-refractivity contribution is 5.97. The van der Waals surface area contributed by atoms with Crippen LogP contribution in [0.4, 0.5) is 10.1 Å². The van der Waals surface area contributed by atoms with E-state index in [-0.39, 0.29) is 36.6 Å². The number of benzene rings is 2. The molecule has 1 fully saturated rings. The molecule has 1 aliphatic rings. The van der Waals surface area contributed by atoms with Crippen molar-refractivity contribution >= 4 is 17.5 Å². The molecule has 0 bridgehead atoms. The molecule has 5 nitrogen and oxygen atoms in total. The van der Waals surface area contributed by atoms with Crippen molar-refractivity contribution < 1.29 is 19.1 Å². The monoisotopic (exact) mass is 384 g/mol. The first-order chi connectivity index (χ1) is 13.6. The Bertz CT molecular complexity index is 832. The number of hydrogen-bond donors (Lipinski definition) is 2. The van der Waals surface area contributed by atoms with Crippen molar-refractivity contribution in [2.45, 2.75) is 25.7 Å². The van der Waals surface area contributed by atoms with E-state index in [0.29, 0.717) is 36.3 Å². The summed E-state index contributed by atoms with van der Waals surface area (Å²) in [7, 11) is 0. The van der Waals surface area contributed by atoms with Crippen LogP contribution >= 0.6 is 0 Å². The first-order valence-corrected chi connectivity index (χ1v) is 9.60. The second-order valence-electron chi connectivity index (χ2n) is 7.14. The maximum Gasteiger partial charge on any atom is 0.253 e. The summed E-state index contributed by atoms with van der Waals surface area (Å²) in [4.78, 5) is 26.7. The van der Waals surface area contributed by atoms with E-state index in [1.54, 1.807) is 47.4 Å². The average Bonchev–Trinajstić information content (AvgIpc) is 2.73. The average molecular weight is 384 g/mol. The summed E-state index contributed by atoms with van der Waals surface area (Å²) in [5, 5.41) is 12.0. The quantitative estimate of drug-likeness (QED) is 0.803. The van der Waals surface area contributed by atoms with E-state index in [1.807, 2.05) is 0 Å². The number of carbonyl (C=O) groups excluding carboxylic acids is 2. The lowest BCUT2D eigenvalue weighted by molar-refractivity contribution is -0.116. The van der Waals surface area contributed by atoms with Crippen LogP contribution in [0.3, 0.4) is 0 Å². The van der Waals surface area contributed by atoms with Crippen LogP contribution in [-0.2, 0) is 11.2 Å². The highest BCUT2D eigenvalue weighted by Crippen LogP contribution is 2.20. The van der Waals surface area contributed by atoms with Crippen LogP contribution in [0.25, 0.3) is 0 Å². The Hall–Kier alpha value is -2.73. The zero-order valence-electron chi connectivity index (χ0n) is 15.7. The molecule has 1 saturated heterocycles. The summed E-state index contributed by atoms with van der Waals surface area (Å²) >= 11 is 0. The third kappa shape index (κ3) is 5.16. The fraction of sp³-hybridized carbons (Fsp3) is 0.364. The Morgan fingerprint density at radius 2 is 1.86 bits per heavy atom. The van der Waals surface area contributed by atoms with Crippen LogP contribution in [0.2, 0.25) is 0 Å². The van der Waals surface area contributed by atoms with E-state index < -0.39 is 0 Å². The minimum Gasteiger partial charge on any atom is -0.396 e. The van der Waals surface area contributed by atoms with Crippen molar-refractivity contribution in [1.82, 2.24) is 4.90 Å². The minimum atomic E-state index is -0.312. The molecule has 6 heteroatoms. The molecular weight excluding hydrogens is 359 g/mol. The van der Waals surface area contributed by atoms with Gasteiger partial charge in [0.05, 0.1) is 0 Å². The van der Waals surface area contributed by atoms with Crippen molar-refractivity contribution in [1.29, 1.82) is 0 Å². The number of likely N-dealkylation sites (tertiary alicyclic amines) is 1. The molecule has 2 aromatic carbocycles. The highest BCUT2D eigenvalue weighted by atomic mass is 19.1. The van der Waals surface area contributed by atoms with Crippen molar-refractivity contribution in [3.63, 3.8) is 0 Å². The van der Waals surface area contributed by atoms with Gasteiger partial charge in [0.25, 0.3) is 5.91 Å². The number of anilines is 1. The van der Waals surface area contributed by atoms with Gasteiger partial charge in [0.2, 0.25) is 5.91 Å². The molecule has 0 atom stereocenters. The lowest BCUT2D eigenvalue weighted by Gasteiger charge is -2.31. The van der Waals surface area contributed by atoms with Gasteiger partial charge in [-0.3, -0.25) is 9.59 Å². The van der Waals surface area contributed by atoms with Crippen molar-refractivity contribution in [3.8, 4) is 0 Å². The van der Waals surface area contributed by atoms with E-state index in [0.717, 1.165) is 12.8 Å². The van der Waals surface area contributed by atoms with Gasteiger partial charge in [0.15, 0.2) is 0 Å². The molecular formula is C22H25FN2O3. The molecule has 28 heavy (non-hydrogen) atoms. The molecule has 0 unspecified atom stereocenters. The minimum absolute atomic E-state index is 0.0705. The van der Waals surface area contributed by atoms with E-state index in [1.165, 1.54) is 6.07 Å². The van der Waals surface area contributed by atoms with E-state index in [4.69, 9.17) is 0 Å². The van der Waals surface area contributed by atoms with Crippen LogP contribution < -0.4 is 5.32 Å². The number of hydrogen-bond acceptors (Lipinski definition) is 3. The molecule has 148 valence electrons. The summed E-state index contributed by atoms with van der Waals surface area (Å²) in [6.45, 7) is 1.42. The largest absolute Gasteiger partial charge is 0.396 e. The predicted octanol–water partition coefficient (Wildman–Crippen LogP) is 3.24. The number of nitrogens with one attached hydrogen (secondary N) is 1. The number of halogens is 1. The van der Waals surface area contributed by atoms with Crippen molar-refractivity contribution in [2.75, 3.05) is 25.0 Å². The molecule has 0 aromatic heterocycles. The van der Waals surface area contributed by atoms with E-state index in [9.17, 15) is 19.1 Å². The summed E-state index contributed by atoms with van der Waals surface area (Å²) < 4.78 is 13.6. The van der Waals surface area contributed by atoms with Crippen molar-refractivity contribution in [3.05, 3.63) is 65.5 Å². The Kier molecular flexibility index (Phi) is 6.76. The maximum absolute atomic E-state index is 13.6. The SMILES string of the molecule is O=C(CCc1ccccc1F)Nc1cccc(C(=O)N2CCC(CO)CC2)c1. The van der Waals surface area contributed by atoms with E-state index >= 15 is 0 Å². The number of piperidine rings is 1. The summed E-state index contributed by atoms with van der Waals surface area (Å²) in [5.74, 6) is -0.340. The standard InChI is InChI=1S/C22H25FN2O3/c23-20-7-2-1-4-17(20)8-9-21(27)24-19-6-3-5-18(14-19)22(28)25-12-10-16(15-26)11-13-25/h1-7,14,16,26H,8-13,15H2,(H,24,27). The van der Waals surface area contributed by atoms with E-state index in [2.05, 4.69) is 5.32 Å². The summed E-state index contributed by atoms with van der Waals surface area (Å²) in [6.07, 6.45) is 2.08. The maximum atomic E-state index is 13.6. The van der Waals surface area contributed by atoms with Crippen LogP contribution in [0.1, 0.15) is 35.2 Å². The summed E-state index contributed by atoms with van der Waals surface area (Å²) in [5.41, 5.74) is 1.58. The number of aliphatic hydroxyl groups excluding tert-OH is 1. The lowest BCUT2D eigenvalue weighted by atomic mass is 9.97. The molecule has 1 aliphatic heterocycles. The lowest BCUT2D eigenvalue weighted by Crippen LogP contribution is -2.39. The third-order valence-electron chi connectivity index (χ3n) is 5.13. The molecule has 3 rings (SSSR count). The highest BCUT2D eigenvalue weighted by Gasteiger charge is 2.23. The number of nitrogens with zero attached hydrogens (tertiary/aromatic N) is 1. The fourth-order valence-corrected chi connectivity index (χ4v) is 3.40. The number of amides is 2. The zero-order valence-corrected chi connectivity index (χ0v) is 15.7. The number of carbonyl (C=O) groups is 2. The van der Waals surface area contributed by atoms with Gasteiger partial charge in [-0.25, -0.2) is 4.39 Å². The normalized spacial score (nSPS) is 14.7. The van der Waals surface area contributed by atoms with Crippen LogP contribution in [0, 0.1) is 11.7 Å². The Morgan fingerprint density at radius 3 is 2.57 bits per heavy atom. The van der Waals surface area contributed by atoms with Gasteiger partial charge in [0, 0.05) is 37.4 Å². The first-order valence-electron chi connectivity index (χ1n) is 9.60. The zero-order chi connectivity index (χ0) is 19.9. The van der Waals surface area contributed by atoms with Gasteiger partial charge in [-0.15, -0.1) is 0 Å². The molecule has 2 amide bonds. The number of aliphatic hydroxyl groups is 1. The molecule has 1 heterocycles.